The van der Waals surface area contributed by atoms with Crippen LogP contribution in [0, 0.1) is 6.92 Å². The molecule has 3 nitrogen and oxygen atoms in total. The minimum absolute atomic E-state index is 0.0970. The zero-order valence-corrected chi connectivity index (χ0v) is 18.5. The van der Waals surface area contributed by atoms with E-state index >= 15 is 0 Å². The van der Waals surface area contributed by atoms with Gasteiger partial charge in [-0.15, -0.1) is 0 Å². The number of rotatable bonds is 4. The second kappa shape index (κ2) is 8.16. The van der Waals surface area contributed by atoms with Crippen LogP contribution < -0.4 is 0 Å². The molecule has 1 aromatic heterocycles. The zero-order valence-electron chi connectivity index (χ0n) is 18.5. The van der Waals surface area contributed by atoms with Gasteiger partial charge in [0, 0.05) is 16.5 Å². The molecule has 0 saturated heterocycles. The number of oxazole rings is 1. The van der Waals surface area contributed by atoms with Crippen molar-refractivity contribution in [1.82, 2.24) is 4.98 Å². The van der Waals surface area contributed by atoms with Crippen LogP contribution in [-0.4, -0.2) is 10.1 Å². The van der Waals surface area contributed by atoms with Crippen LogP contribution in [0.25, 0.3) is 33.8 Å². The maximum absolute atomic E-state index is 10.1. The minimum Gasteiger partial charge on any atom is -0.508 e. The second-order valence-electron chi connectivity index (χ2n) is 8.89. The van der Waals surface area contributed by atoms with Gasteiger partial charge in [-0.25, -0.2) is 4.98 Å². The Morgan fingerprint density at radius 1 is 0.906 bits per heavy atom. The maximum atomic E-state index is 10.1. The van der Waals surface area contributed by atoms with E-state index in [1.54, 1.807) is 12.1 Å². The van der Waals surface area contributed by atoms with Crippen molar-refractivity contribution in [1.29, 1.82) is 0 Å². The molecule has 1 unspecified atom stereocenters. The van der Waals surface area contributed by atoms with E-state index in [2.05, 4.69) is 50.3 Å². The first kappa shape index (κ1) is 20.3. The molecule has 3 heteroatoms. The van der Waals surface area contributed by atoms with Crippen LogP contribution in [-0.2, 0) is 5.41 Å². The molecule has 0 fully saturated rings. The number of phenols is 1. The summed E-state index contributed by atoms with van der Waals surface area (Å²) in [7, 11) is 0. The van der Waals surface area contributed by atoms with Crippen molar-refractivity contribution in [2.45, 2.75) is 38.5 Å². The zero-order chi connectivity index (χ0) is 22.1. The van der Waals surface area contributed by atoms with Crippen molar-refractivity contribution >= 4 is 0 Å². The first-order valence-corrected chi connectivity index (χ1v) is 11.2. The number of benzene rings is 3. The molecule has 0 saturated carbocycles. The van der Waals surface area contributed by atoms with Crippen LogP contribution in [0.2, 0.25) is 0 Å². The molecule has 0 amide bonds. The summed E-state index contributed by atoms with van der Waals surface area (Å²) < 4.78 is 6.64. The molecular weight excluding hydrogens is 394 g/mol. The van der Waals surface area contributed by atoms with E-state index in [4.69, 9.17) is 9.40 Å². The average Bonchev–Trinajstić information content (AvgIpc) is 3.26. The number of aromatic nitrogens is 1. The van der Waals surface area contributed by atoms with E-state index in [9.17, 15) is 5.11 Å². The van der Waals surface area contributed by atoms with E-state index in [0.29, 0.717) is 5.89 Å². The standard InChI is InChI=1S/C29H27NO2/c1-20-11-9-16-24(25(20)22-14-10-15-23(31)19-22)28-30-26(21-12-5-3-6-13-21)27(32-28)29(2)17-7-4-8-18-29/h3-7,9-16,19,31H,8,17-18H2,1-2H3. The Balaban J connectivity index is 1.73. The topological polar surface area (TPSA) is 46.3 Å². The summed E-state index contributed by atoms with van der Waals surface area (Å²) in [5.41, 5.74) is 5.92. The lowest BCUT2D eigenvalue weighted by Gasteiger charge is -2.29. The molecule has 160 valence electrons. The van der Waals surface area contributed by atoms with Gasteiger partial charge in [0.2, 0.25) is 5.89 Å². The maximum Gasteiger partial charge on any atom is 0.227 e. The van der Waals surface area contributed by atoms with Gasteiger partial charge in [-0.1, -0.05) is 73.7 Å². The van der Waals surface area contributed by atoms with Crippen molar-refractivity contribution in [3.63, 3.8) is 0 Å². The number of nitrogens with zero attached hydrogens (tertiary/aromatic N) is 1. The van der Waals surface area contributed by atoms with E-state index in [1.165, 1.54) is 0 Å². The van der Waals surface area contributed by atoms with Crippen LogP contribution in [0.1, 0.15) is 37.5 Å². The number of hydrogen-bond donors (Lipinski definition) is 1. The predicted molar refractivity (Wildman–Crippen MR) is 130 cm³/mol. The normalized spacial score (nSPS) is 18.1. The third kappa shape index (κ3) is 3.64. The molecule has 0 aliphatic heterocycles. The number of allylic oxidation sites excluding steroid dienone is 2. The van der Waals surface area contributed by atoms with E-state index < -0.39 is 0 Å². The van der Waals surface area contributed by atoms with Gasteiger partial charge in [0.25, 0.3) is 0 Å². The van der Waals surface area contributed by atoms with Gasteiger partial charge in [-0.3, -0.25) is 0 Å². The van der Waals surface area contributed by atoms with Crippen LogP contribution in [0.3, 0.4) is 0 Å². The Morgan fingerprint density at radius 2 is 1.69 bits per heavy atom. The van der Waals surface area contributed by atoms with E-state index in [0.717, 1.165) is 58.5 Å². The first-order chi connectivity index (χ1) is 15.5. The highest BCUT2D eigenvalue weighted by atomic mass is 16.4. The fourth-order valence-electron chi connectivity index (χ4n) is 4.70. The molecule has 0 spiro atoms. The highest BCUT2D eigenvalue weighted by molar-refractivity contribution is 5.84. The van der Waals surface area contributed by atoms with Crippen LogP contribution in [0.4, 0.5) is 0 Å². The number of phenolic OH excluding ortho intramolecular Hbond substituents is 1. The lowest BCUT2D eigenvalue weighted by atomic mass is 9.75. The quantitative estimate of drug-likeness (QED) is 0.344. The highest BCUT2D eigenvalue weighted by Gasteiger charge is 2.35. The molecule has 1 heterocycles. The molecule has 1 aliphatic rings. The monoisotopic (exact) mass is 421 g/mol. The van der Waals surface area contributed by atoms with Gasteiger partial charge in [0.15, 0.2) is 0 Å². The molecule has 3 aromatic carbocycles. The fraction of sp³-hybridized carbons (Fsp3) is 0.207. The Hall–Kier alpha value is -3.59. The third-order valence-electron chi connectivity index (χ3n) is 6.46. The van der Waals surface area contributed by atoms with Crippen LogP contribution >= 0.6 is 0 Å². The third-order valence-corrected chi connectivity index (χ3v) is 6.46. The Bertz CT molecular complexity index is 1290. The Kier molecular flexibility index (Phi) is 5.18. The van der Waals surface area contributed by atoms with Crippen molar-refractivity contribution in [3.05, 3.63) is 96.3 Å². The molecule has 1 N–H and O–H groups in total. The van der Waals surface area contributed by atoms with Gasteiger partial charge in [-0.05, 0) is 61.1 Å². The lowest BCUT2D eigenvalue weighted by molar-refractivity contribution is 0.339. The molecule has 5 rings (SSSR count). The van der Waals surface area contributed by atoms with Gasteiger partial charge in [-0.2, -0.15) is 0 Å². The van der Waals surface area contributed by atoms with Gasteiger partial charge in [0.1, 0.15) is 17.2 Å². The van der Waals surface area contributed by atoms with Gasteiger partial charge >= 0.3 is 0 Å². The Morgan fingerprint density at radius 3 is 2.44 bits per heavy atom. The van der Waals surface area contributed by atoms with Crippen molar-refractivity contribution in [3.8, 4) is 39.6 Å². The molecular formula is C29H27NO2. The fourth-order valence-corrected chi connectivity index (χ4v) is 4.70. The summed E-state index contributed by atoms with van der Waals surface area (Å²) in [5, 5.41) is 10.1. The smallest absolute Gasteiger partial charge is 0.227 e. The largest absolute Gasteiger partial charge is 0.508 e. The van der Waals surface area contributed by atoms with E-state index in [1.807, 2.05) is 36.4 Å². The van der Waals surface area contributed by atoms with E-state index in [-0.39, 0.29) is 11.2 Å². The predicted octanol–water partition coefficient (Wildman–Crippen LogP) is 7.69. The van der Waals surface area contributed by atoms with Crippen molar-refractivity contribution in [2.24, 2.45) is 0 Å². The van der Waals surface area contributed by atoms with Crippen LogP contribution in [0.5, 0.6) is 5.75 Å². The summed E-state index contributed by atoms with van der Waals surface area (Å²) >= 11 is 0. The molecule has 1 atom stereocenters. The number of aromatic hydroxyl groups is 1. The molecule has 4 aromatic rings. The second-order valence-corrected chi connectivity index (χ2v) is 8.89. The minimum atomic E-state index is -0.0970. The summed E-state index contributed by atoms with van der Waals surface area (Å²) in [6.07, 6.45) is 7.52. The molecule has 0 radical (unpaired) electrons. The van der Waals surface area contributed by atoms with Gasteiger partial charge < -0.3 is 9.52 Å². The number of aryl methyl sites for hydroxylation is 1. The lowest BCUT2D eigenvalue weighted by Crippen LogP contribution is -2.23. The molecule has 32 heavy (non-hydrogen) atoms. The summed E-state index contributed by atoms with van der Waals surface area (Å²) in [6, 6.07) is 23.8. The van der Waals surface area contributed by atoms with Crippen molar-refractivity contribution < 1.29 is 9.52 Å². The summed E-state index contributed by atoms with van der Waals surface area (Å²) in [6.45, 7) is 4.36. The molecule has 0 bridgehead atoms. The average molecular weight is 422 g/mol. The highest BCUT2D eigenvalue weighted by Crippen LogP contribution is 2.44. The Labute approximate surface area is 189 Å². The van der Waals surface area contributed by atoms with Crippen molar-refractivity contribution in [2.75, 3.05) is 0 Å². The summed E-state index contributed by atoms with van der Waals surface area (Å²) in [5.74, 6) is 1.82. The van der Waals surface area contributed by atoms with Crippen LogP contribution in [0.15, 0.2) is 89.4 Å². The first-order valence-electron chi connectivity index (χ1n) is 11.2. The van der Waals surface area contributed by atoms with Gasteiger partial charge in [0.05, 0.1) is 0 Å². The SMILES string of the molecule is Cc1cccc(-c2nc(-c3ccccc3)c(C3(C)CC=CCC3)o2)c1-c1cccc(O)c1. The number of hydrogen-bond acceptors (Lipinski definition) is 3. The molecule has 1 aliphatic carbocycles. The summed E-state index contributed by atoms with van der Waals surface area (Å²) in [4.78, 5) is 5.07.